The predicted molar refractivity (Wildman–Crippen MR) is 61.9 cm³/mol. The van der Waals surface area contributed by atoms with E-state index in [4.69, 9.17) is 4.74 Å². The maximum absolute atomic E-state index is 5.61. The first-order valence-electron chi connectivity index (χ1n) is 5.34. The smallest absolute Gasteiger partial charge is 0.0665 e. The molecule has 1 unspecified atom stereocenters. The van der Waals surface area contributed by atoms with Crippen molar-refractivity contribution in [3.63, 3.8) is 0 Å². The molecule has 0 amide bonds. The minimum absolute atomic E-state index is 0.223. The van der Waals surface area contributed by atoms with Gasteiger partial charge in [-0.25, -0.2) is 0 Å². The maximum atomic E-state index is 5.61. The second kappa shape index (κ2) is 5.83. The van der Waals surface area contributed by atoms with Gasteiger partial charge in [-0.05, 0) is 45.0 Å². The minimum Gasteiger partial charge on any atom is -0.377 e. The van der Waals surface area contributed by atoms with Gasteiger partial charge in [0.15, 0.2) is 0 Å². The van der Waals surface area contributed by atoms with Crippen molar-refractivity contribution in [3.8, 4) is 0 Å². The Kier molecular flexibility index (Phi) is 4.72. The number of aromatic nitrogens is 1. The lowest BCUT2D eigenvalue weighted by Crippen LogP contribution is -2.24. The van der Waals surface area contributed by atoms with Gasteiger partial charge in [-0.2, -0.15) is 0 Å². The lowest BCUT2D eigenvalue weighted by molar-refractivity contribution is 0.0624. The van der Waals surface area contributed by atoms with Crippen molar-refractivity contribution in [2.75, 3.05) is 13.7 Å². The SMILES string of the molecule is CNC(COC(C)C)c1cnccc1C. The molecule has 0 bridgehead atoms. The highest BCUT2D eigenvalue weighted by Gasteiger charge is 2.12. The summed E-state index contributed by atoms with van der Waals surface area (Å²) in [7, 11) is 1.95. The lowest BCUT2D eigenvalue weighted by atomic mass is 10.1. The Morgan fingerprint density at radius 2 is 2.20 bits per heavy atom. The zero-order valence-corrected chi connectivity index (χ0v) is 9.95. The molecule has 3 nitrogen and oxygen atoms in total. The number of hydrogen-bond acceptors (Lipinski definition) is 3. The van der Waals surface area contributed by atoms with Crippen molar-refractivity contribution >= 4 is 0 Å². The lowest BCUT2D eigenvalue weighted by Gasteiger charge is -2.19. The average Bonchev–Trinajstić information content (AvgIpc) is 2.21. The van der Waals surface area contributed by atoms with Crippen molar-refractivity contribution in [2.45, 2.75) is 32.9 Å². The third-order valence-corrected chi connectivity index (χ3v) is 2.40. The molecule has 1 aromatic heterocycles. The third kappa shape index (κ3) is 3.61. The van der Waals surface area contributed by atoms with Crippen LogP contribution in [0.2, 0.25) is 0 Å². The number of pyridine rings is 1. The van der Waals surface area contributed by atoms with E-state index in [0.29, 0.717) is 6.61 Å². The first-order chi connectivity index (χ1) is 7.15. The van der Waals surface area contributed by atoms with E-state index in [1.807, 2.05) is 39.4 Å². The van der Waals surface area contributed by atoms with Gasteiger partial charge in [0, 0.05) is 12.4 Å². The molecule has 0 saturated heterocycles. The van der Waals surface area contributed by atoms with Crippen LogP contribution in [0.25, 0.3) is 0 Å². The summed E-state index contributed by atoms with van der Waals surface area (Å²) >= 11 is 0. The predicted octanol–water partition coefficient (Wildman–Crippen LogP) is 2.08. The molecule has 3 heteroatoms. The maximum Gasteiger partial charge on any atom is 0.0665 e. The molecule has 0 saturated carbocycles. The van der Waals surface area contributed by atoms with Crippen molar-refractivity contribution in [2.24, 2.45) is 0 Å². The molecular weight excluding hydrogens is 188 g/mol. The number of aryl methyl sites for hydroxylation is 1. The fourth-order valence-electron chi connectivity index (χ4n) is 1.46. The molecule has 1 rings (SSSR count). The molecule has 0 aliphatic rings. The van der Waals surface area contributed by atoms with Gasteiger partial charge in [0.2, 0.25) is 0 Å². The summed E-state index contributed by atoms with van der Waals surface area (Å²) < 4.78 is 5.61. The standard InChI is InChI=1S/C12H20N2O/c1-9(2)15-8-12(13-4)11-7-14-6-5-10(11)3/h5-7,9,12-13H,8H2,1-4H3. The minimum atomic E-state index is 0.223. The van der Waals surface area contributed by atoms with Gasteiger partial charge in [0.1, 0.15) is 0 Å². The number of likely N-dealkylation sites (N-methyl/N-ethyl adjacent to an activating group) is 1. The Balaban J connectivity index is 2.70. The highest BCUT2D eigenvalue weighted by atomic mass is 16.5. The molecule has 0 aromatic carbocycles. The largest absolute Gasteiger partial charge is 0.377 e. The van der Waals surface area contributed by atoms with Crippen LogP contribution in [0, 0.1) is 6.92 Å². The van der Waals surface area contributed by atoms with Gasteiger partial charge in [0.25, 0.3) is 0 Å². The summed E-state index contributed by atoms with van der Waals surface area (Å²) in [5, 5.41) is 3.25. The Morgan fingerprint density at radius 3 is 2.73 bits per heavy atom. The van der Waals surface area contributed by atoms with E-state index in [1.165, 1.54) is 11.1 Å². The second-order valence-electron chi connectivity index (χ2n) is 3.96. The molecule has 84 valence electrons. The molecule has 15 heavy (non-hydrogen) atoms. The Morgan fingerprint density at radius 1 is 1.47 bits per heavy atom. The summed E-state index contributed by atoms with van der Waals surface area (Å²) in [5.74, 6) is 0. The van der Waals surface area contributed by atoms with Gasteiger partial charge < -0.3 is 10.1 Å². The van der Waals surface area contributed by atoms with Crippen LogP contribution in [0.4, 0.5) is 0 Å². The number of ether oxygens (including phenoxy) is 1. The second-order valence-corrected chi connectivity index (χ2v) is 3.96. The fraction of sp³-hybridized carbons (Fsp3) is 0.583. The van der Waals surface area contributed by atoms with Crippen LogP contribution in [0.1, 0.15) is 31.0 Å². The number of nitrogens with zero attached hydrogens (tertiary/aromatic N) is 1. The molecule has 0 aliphatic heterocycles. The first kappa shape index (κ1) is 12.1. The fourth-order valence-corrected chi connectivity index (χ4v) is 1.46. The van der Waals surface area contributed by atoms with Crippen LogP contribution in [-0.4, -0.2) is 24.7 Å². The van der Waals surface area contributed by atoms with Crippen molar-refractivity contribution in [3.05, 3.63) is 29.6 Å². The van der Waals surface area contributed by atoms with Crippen molar-refractivity contribution < 1.29 is 4.74 Å². The Labute approximate surface area is 91.9 Å². The van der Waals surface area contributed by atoms with Gasteiger partial charge >= 0.3 is 0 Å². The van der Waals surface area contributed by atoms with Crippen LogP contribution in [0.5, 0.6) is 0 Å². The van der Waals surface area contributed by atoms with Crippen LogP contribution < -0.4 is 5.32 Å². The average molecular weight is 208 g/mol. The summed E-state index contributed by atoms with van der Waals surface area (Å²) in [6.45, 7) is 6.86. The van der Waals surface area contributed by atoms with E-state index >= 15 is 0 Å². The summed E-state index contributed by atoms with van der Waals surface area (Å²) in [6.07, 6.45) is 3.98. The van der Waals surface area contributed by atoms with E-state index in [2.05, 4.69) is 17.2 Å². The van der Waals surface area contributed by atoms with E-state index in [-0.39, 0.29) is 12.1 Å². The van der Waals surface area contributed by atoms with Crippen molar-refractivity contribution in [1.82, 2.24) is 10.3 Å². The normalized spacial score (nSPS) is 13.1. The third-order valence-electron chi connectivity index (χ3n) is 2.40. The number of hydrogen-bond donors (Lipinski definition) is 1. The highest BCUT2D eigenvalue weighted by molar-refractivity contribution is 5.25. The molecular formula is C12H20N2O. The molecule has 0 radical (unpaired) electrons. The summed E-state index contributed by atoms with van der Waals surface area (Å²) in [6, 6.07) is 2.25. The zero-order chi connectivity index (χ0) is 11.3. The van der Waals surface area contributed by atoms with E-state index in [0.717, 1.165) is 0 Å². The molecule has 0 spiro atoms. The van der Waals surface area contributed by atoms with E-state index in [9.17, 15) is 0 Å². The molecule has 1 heterocycles. The van der Waals surface area contributed by atoms with Gasteiger partial charge in [0.05, 0.1) is 18.8 Å². The van der Waals surface area contributed by atoms with Crippen LogP contribution in [0.15, 0.2) is 18.5 Å². The Bertz CT molecular complexity index is 299. The molecule has 1 atom stereocenters. The summed E-state index contributed by atoms with van der Waals surface area (Å²) in [4.78, 5) is 4.15. The van der Waals surface area contributed by atoms with E-state index < -0.39 is 0 Å². The first-order valence-corrected chi connectivity index (χ1v) is 5.34. The van der Waals surface area contributed by atoms with Gasteiger partial charge in [-0.15, -0.1) is 0 Å². The molecule has 1 N–H and O–H groups in total. The quantitative estimate of drug-likeness (QED) is 0.804. The summed E-state index contributed by atoms with van der Waals surface area (Å²) in [5.41, 5.74) is 2.46. The van der Waals surface area contributed by atoms with Crippen LogP contribution >= 0.6 is 0 Å². The Hall–Kier alpha value is -0.930. The number of rotatable bonds is 5. The van der Waals surface area contributed by atoms with Crippen molar-refractivity contribution in [1.29, 1.82) is 0 Å². The van der Waals surface area contributed by atoms with Crippen LogP contribution in [0.3, 0.4) is 0 Å². The van der Waals surface area contributed by atoms with Crippen LogP contribution in [-0.2, 0) is 4.74 Å². The zero-order valence-electron chi connectivity index (χ0n) is 9.95. The topological polar surface area (TPSA) is 34.1 Å². The molecule has 0 fully saturated rings. The van der Waals surface area contributed by atoms with E-state index in [1.54, 1.807) is 0 Å². The van der Waals surface area contributed by atoms with Gasteiger partial charge in [-0.1, -0.05) is 0 Å². The highest BCUT2D eigenvalue weighted by Crippen LogP contribution is 2.16. The molecule has 1 aromatic rings. The molecule has 0 aliphatic carbocycles. The number of nitrogens with one attached hydrogen (secondary N) is 1. The monoisotopic (exact) mass is 208 g/mol. The van der Waals surface area contributed by atoms with Gasteiger partial charge in [-0.3, -0.25) is 4.98 Å².